The first-order valence-corrected chi connectivity index (χ1v) is 15.0. The van der Waals surface area contributed by atoms with Gasteiger partial charge in [0.15, 0.2) is 0 Å². The lowest BCUT2D eigenvalue weighted by Gasteiger charge is -2.29. The predicted molar refractivity (Wildman–Crippen MR) is 154 cm³/mol. The molecule has 12 heteroatoms. The van der Waals surface area contributed by atoms with Crippen molar-refractivity contribution in [1.29, 1.82) is 0 Å². The minimum Gasteiger partial charge on any atom is -0.369 e. The summed E-state index contributed by atoms with van der Waals surface area (Å²) in [6, 6.07) is 14.0. The van der Waals surface area contributed by atoms with Crippen molar-refractivity contribution in [2.24, 2.45) is 5.14 Å². The van der Waals surface area contributed by atoms with Crippen molar-refractivity contribution in [3.05, 3.63) is 83.5 Å². The second-order valence-electron chi connectivity index (χ2n) is 10.00. The molecule has 3 N–H and O–H groups in total. The Morgan fingerprint density at radius 1 is 0.975 bits per heavy atom. The van der Waals surface area contributed by atoms with Crippen molar-refractivity contribution in [2.75, 3.05) is 37.6 Å². The summed E-state index contributed by atoms with van der Waals surface area (Å²) in [7, 11) is -4.01. The van der Waals surface area contributed by atoms with Gasteiger partial charge in [-0.05, 0) is 61.4 Å². The molecule has 0 amide bonds. The Labute approximate surface area is 237 Å². The highest BCUT2D eigenvalue weighted by Crippen LogP contribution is 2.41. The highest BCUT2D eigenvalue weighted by Gasteiger charge is 2.36. The van der Waals surface area contributed by atoms with E-state index in [4.69, 9.17) is 21.8 Å². The standard InChI is InChI=1S/C28H29ClFN7O2S/c29-20-16-23(27(30)24(17-20)26-2-1-13-37(26)40(31,38)39)25-18-36(34-28(25)19-7-9-32-10-8-19)22-5-3-21(4-6-22)35-14-11-33-12-15-35/h3-10,16-18,26,33H,1-2,11-15H2,(H2,31,38,39). The van der Waals surface area contributed by atoms with Crippen molar-refractivity contribution in [3.8, 4) is 28.1 Å². The van der Waals surface area contributed by atoms with E-state index in [1.165, 1.54) is 6.07 Å². The van der Waals surface area contributed by atoms with Gasteiger partial charge < -0.3 is 10.2 Å². The summed E-state index contributed by atoms with van der Waals surface area (Å²) >= 11 is 6.51. The van der Waals surface area contributed by atoms with Gasteiger partial charge in [-0.2, -0.15) is 17.8 Å². The highest BCUT2D eigenvalue weighted by atomic mass is 35.5. The number of nitrogens with zero attached hydrogens (tertiary/aromatic N) is 5. The molecule has 6 rings (SSSR count). The topological polar surface area (TPSA) is 109 Å². The third-order valence-electron chi connectivity index (χ3n) is 7.51. The van der Waals surface area contributed by atoms with Crippen LogP contribution in [0.2, 0.25) is 5.02 Å². The van der Waals surface area contributed by atoms with Crippen molar-refractivity contribution in [2.45, 2.75) is 18.9 Å². The zero-order valence-corrected chi connectivity index (χ0v) is 23.2. The molecule has 40 heavy (non-hydrogen) atoms. The van der Waals surface area contributed by atoms with Gasteiger partial charge in [0.05, 0.1) is 11.7 Å². The zero-order chi connectivity index (χ0) is 27.9. The Balaban J connectivity index is 1.45. The first kappa shape index (κ1) is 26.9. The van der Waals surface area contributed by atoms with E-state index in [2.05, 4.69) is 27.3 Å². The van der Waals surface area contributed by atoms with E-state index in [1.54, 1.807) is 29.3 Å². The van der Waals surface area contributed by atoms with Crippen LogP contribution < -0.4 is 15.4 Å². The van der Waals surface area contributed by atoms with Gasteiger partial charge in [-0.3, -0.25) is 4.98 Å². The number of piperazine rings is 1. The van der Waals surface area contributed by atoms with Gasteiger partial charge in [-0.1, -0.05) is 11.6 Å². The third-order valence-corrected chi connectivity index (χ3v) is 8.82. The minimum atomic E-state index is -4.01. The fraction of sp³-hybridized carbons (Fsp3) is 0.286. The van der Waals surface area contributed by atoms with E-state index in [0.717, 1.165) is 47.4 Å². The SMILES string of the molecule is NS(=O)(=O)N1CCCC1c1cc(Cl)cc(-c2cn(-c3ccc(N4CCNCC4)cc3)nc2-c2ccncc2)c1F. The van der Waals surface area contributed by atoms with Crippen molar-refractivity contribution >= 4 is 27.5 Å². The quantitative estimate of drug-likeness (QED) is 0.354. The van der Waals surface area contributed by atoms with Crippen molar-refractivity contribution in [1.82, 2.24) is 24.4 Å². The van der Waals surface area contributed by atoms with Crippen LogP contribution in [0.4, 0.5) is 10.1 Å². The van der Waals surface area contributed by atoms with Crippen LogP contribution in [0.5, 0.6) is 0 Å². The van der Waals surface area contributed by atoms with Crippen LogP contribution in [0.25, 0.3) is 28.1 Å². The molecule has 2 aromatic carbocycles. The highest BCUT2D eigenvalue weighted by molar-refractivity contribution is 7.86. The van der Waals surface area contributed by atoms with Crippen LogP contribution in [0.3, 0.4) is 0 Å². The lowest BCUT2D eigenvalue weighted by molar-refractivity contribution is 0.387. The normalized spacial score (nSPS) is 18.4. The molecule has 2 fully saturated rings. The number of hydrogen-bond donors (Lipinski definition) is 2. The van der Waals surface area contributed by atoms with Crippen LogP contribution in [0, 0.1) is 5.82 Å². The predicted octanol–water partition coefficient (Wildman–Crippen LogP) is 4.14. The number of nitrogens with one attached hydrogen (secondary N) is 1. The Hall–Kier alpha value is -3.35. The Morgan fingerprint density at radius 2 is 1.68 bits per heavy atom. The number of halogens is 2. The Morgan fingerprint density at radius 3 is 2.38 bits per heavy atom. The largest absolute Gasteiger partial charge is 0.369 e. The van der Waals surface area contributed by atoms with Crippen LogP contribution in [-0.2, 0) is 10.2 Å². The summed E-state index contributed by atoms with van der Waals surface area (Å²) in [5.74, 6) is -0.547. The number of hydrogen-bond acceptors (Lipinski definition) is 6. The van der Waals surface area contributed by atoms with Gasteiger partial charge in [-0.15, -0.1) is 0 Å². The summed E-state index contributed by atoms with van der Waals surface area (Å²) in [5.41, 5.74) is 4.22. The molecule has 0 saturated carbocycles. The first-order chi connectivity index (χ1) is 19.3. The second kappa shape index (κ2) is 10.9. The number of benzene rings is 2. The number of rotatable bonds is 6. The van der Waals surface area contributed by atoms with Crippen LogP contribution in [0.15, 0.2) is 67.1 Å². The monoisotopic (exact) mass is 581 g/mol. The summed E-state index contributed by atoms with van der Waals surface area (Å²) in [6.07, 6.45) is 6.11. The first-order valence-electron chi connectivity index (χ1n) is 13.1. The third kappa shape index (κ3) is 5.23. The number of pyridine rings is 1. The summed E-state index contributed by atoms with van der Waals surface area (Å²) < 4.78 is 43.6. The van der Waals surface area contributed by atoms with Gasteiger partial charge in [0.2, 0.25) is 0 Å². The zero-order valence-electron chi connectivity index (χ0n) is 21.7. The molecule has 208 valence electrons. The van der Waals surface area contributed by atoms with Gasteiger partial charge in [0.25, 0.3) is 10.2 Å². The average Bonchev–Trinajstić information content (AvgIpc) is 3.64. The molecule has 1 unspecified atom stereocenters. The molecular formula is C28H29ClFN7O2S. The van der Waals surface area contributed by atoms with Crippen LogP contribution in [0.1, 0.15) is 24.4 Å². The average molecular weight is 582 g/mol. The fourth-order valence-corrected chi connectivity index (χ4v) is 6.75. The van der Waals surface area contributed by atoms with E-state index < -0.39 is 22.1 Å². The molecule has 0 aliphatic carbocycles. The smallest absolute Gasteiger partial charge is 0.277 e. The summed E-state index contributed by atoms with van der Waals surface area (Å²) in [6.45, 7) is 4.01. The lowest BCUT2D eigenvalue weighted by atomic mass is 9.96. The van der Waals surface area contributed by atoms with Crippen molar-refractivity contribution < 1.29 is 12.8 Å². The maximum Gasteiger partial charge on any atom is 0.277 e. The van der Waals surface area contributed by atoms with E-state index in [9.17, 15) is 8.42 Å². The number of aromatic nitrogens is 3. The Bertz CT molecular complexity index is 1620. The Kier molecular flexibility index (Phi) is 7.32. The molecule has 0 radical (unpaired) electrons. The van der Waals surface area contributed by atoms with E-state index >= 15 is 4.39 Å². The van der Waals surface area contributed by atoms with E-state index in [1.807, 2.05) is 24.3 Å². The van der Waals surface area contributed by atoms with E-state index in [-0.39, 0.29) is 17.7 Å². The molecule has 1 atom stereocenters. The van der Waals surface area contributed by atoms with E-state index in [0.29, 0.717) is 29.1 Å². The molecule has 0 spiro atoms. The van der Waals surface area contributed by atoms with Gasteiger partial charge in [-0.25, -0.2) is 14.2 Å². The van der Waals surface area contributed by atoms with Crippen LogP contribution >= 0.6 is 11.6 Å². The molecule has 2 aromatic heterocycles. The lowest BCUT2D eigenvalue weighted by Crippen LogP contribution is -2.43. The molecule has 2 aliphatic rings. The fourth-order valence-electron chi connectivity index (χ4n) is 5.57. The maximum atomic E-state index is 16.3. The summed E-state index contributed by atoms with van der Waals surface area (Å²) in [5, 5.41) is 14.0. The van der Waals surface area contributed by atoms with Crippen LogP contribution in [-0.4, -0.2) is 60.2 Å². The minimum absolute atomic E-state index is 0.197. The molecular weight excluding hydrogens is 553 g/mol. The maximum absolute atomic E-state index is 16.3. The molecule has 2 saturated heterocycles. The molecule has 9 nitrogen and oxygen atoms in total. The number of nitrogens with two attached hydrogens (primary N) is 1. The molecule has 2 aliphatic heterocycles. The van der Waals surface area contributed by atoms with Gasteiger partial charge >= 0.3 is 0 Å². The van der Waals surface area contributed by atoms with Gasteiger partial charge in [0, 0.05) is 84.3 Å². The molecule has 4 aromatic rings. The molecule has 0 bridgehead atoms. The molecule has 4 heterocycles. The van der Waals surface area contributed by atoms with Gasteiger partial charge in [0.1, 0.15) is 11.5 Å². The van der Waals surface area contributed by atoms with Crippen molar-refractivity contribution in [3.63, 3.8) is 0 Å². The summed E-state index contributed by atoms with van der Waals surface area (Å²) in [4.78, 5) is 6.44. The number of anilines is 1. The second-order valence-corrected chi connectivity index (χ2v) is 11.9.